The van der Waals surface area contributed by atoms with Crippen molar-refractivity contribution in [1.82, 2.24) is 5.32 Å². The summed E-state index contributed by atoms with van der Waals surface area (Å²) in [6.07, 6.45) is 2.74. The van der Waals surface area contributed by atoms with Crippen molar-refractivity contribution in [1.29, 1.82) is 0 Å². The fourth-order valence-corrected chi connectivity index (χ4v) is 1.24. The standard InChI is InChI=1S/C12H21NO3/c1-2-6-14-9-10-15-8-5-13-11-12-4-3-7-16-12/h3-4,7,13H,2,5-6,8-11H2,1H3. The van der Waals surface area contributed by atoms with Crippen molar-refractivity contribution in [3.8, 4) is 0 Å². The molecule has 0 radical (unpaired) electrons. The summed E-state index contributed by atoms with van der Waals surface area (Å²) in [5.41, 5.74) is 0. The second-order valence-corrected chi connectivity index (χ2v) is 3.48. The topological polar surface area (TPSA) is 43.6 Å². The third kappa shape index (κ3) is 6.61. The molecule has 0 saturated heterocycles. The molecule has 0 fully saturated rings. The van der Waals surface area contributed by atoms with Gasteiger partial charge in [0, 0.05) is 13.2 Å². The first-order valence-corrected chi connectivity index (χ1v) is 5.82. The molecule has 0 saturated carbocycles. The number of ether oxygens (including phenoxy) is 2. The third-order valence-electron chi connectivity index (χ3n) is 2.02. The van der Waals surface area contributed by atoms with Crippen LogP contribution in [-0.2, 0) is 16.0 Å². The van der Waals surface area contributed by atoms with E-state index in [1.54, 1.807) is 6.26 Å². The largest absolute Gasteiger partial charge is 0.468 e. The average Bonchev–Trinajstić information content (AvgIpc) is 2.80. The van der Waals surface area contributed by atoms with Crippen LogP contribution in [0.1, 0.15) is 19.1 Å². The lowest BCUT2D eigenvalue weighted by atomic mass is 10.4. The average molecular weight is 227 g/mol. The van der Waals surface area contributed by atoms with Gasteiger partial charge in [-0.15, -0.1) is 0 Å². The zero-order valence-electron chi connectivity index (χ0n) is 9.91. The second kappa shape index (κ2) is 9.39. The van der Waals surface area contributed by atoms with Crippen LogP contribution in [0.15, 0.2) is 22.8 Å². The molecule has 1 rings (SSSR count). The minimum Gasteiger partial charge on any atom is -0.468 e. The Morgan fingerprint density at radius 3 is 2.69 bits per heavy atom. The quantitative estimate of drug-likeness (QED) is 0.619. The summed E-state index contributed by atoms with van der Waals surface area (Å²) >= 11 is 0. The normalized spacial score (nSPS) is 10.8. The van der Waals surface area contributed by atoms with Gasteiger partial charge in [0.2, 0.25) is 0 Å². The van der Waals surface area contributed by atoms with E-state index >= 15 is 0 Å². The fraction of sp³-hybridized carbons (Fsp3) is 0.667. The highest BCUT2D eigenvalue weighted by Gasteiger charge is 1.94. The van der Waals surface area contributed by atoms with Crippen molar-refractivity contribution in [2.24, 2.45) is 0 Å². The number of rotatable bonds is 10. The van der Waals surface area contributed by atoms with E-state index in [0.29, 0.717) is 19.8 Å². The number of hydrogen-bond acceptors (Lipinski definition) is 4. The first-order chi connectivity index (χ1) is 7.93. The van der Waals surface area contributed by atoms with E-state index in [1.165, 1.54) is 0 Å². The van der Waals surface area contributed by atoms with Crippen LogP contribution < -0.4 is 5.32 Å². The van der Waals surface area contributed by atoms with Crippen molar-refractivity contribution >= 4 is 0 Å². The Labute approximate surface area is 96.9 Å². The number of hydrogen-bond donors (Lipinski definition) is 1. The van der Waals surface area contributed by atoms with E-state index in [9.17, 15) is 0 Å². The van der Waals surface area contributed by atoms with E-state index in [1.807, 2.05) is 12.1 Å². The molecule has 4 nitrogen and oxygen atoms in total. The van der Waals surface area contributed by atoms with Crippen molar-refractivity contribution in [2.75, 3.05) is 33.0 Å². The monoisotopic (exact) mass is 227 g/mol. The zero-order valence-corrected chi connectivity index (χ0v) is 9.91. The molecule has 0 atom stereocenters. The van der Waals surface area contributed by atoms with Crippen molar-refractivity contribution in [3.63, 3.8) is 0 Å². The molecule has 0 bridgehead atoms. The van der Waals surface area contributed by atoms with Crippen LogP contribution in [0.3, 0.4) is 0 Å². The molecule has 4 heteroatoms. The minimum absolute atomic E-state index is 0.669. The van der Waals surface area contributed by atoms with E-state index in [0.717, 1.165) is 31.9 Å². The lowest BCUT2D eigenvalue weighted by molar-refractivity contribution is 0.0489. The molecule has 1 aromatic heterocycles. The summed E-state index contributed by atoms with van der Waals surface area (Å²) in [5, 5.41) is 3.23. The summed E-state index contributed by atoms with van der Waals surface area (Å²) in [4.78, 5) is 0. The molecule has 0 aromatic carbocycles. The molecule has 16 heavy (non-hydrogen) atoms. The van der Waals surface area contributed by atoms with Gasteiger partial charge in [-0.25, -0.2) is 0 Å². The molecular formula is C12H21NO3. The van der Waals surface area contributed by atoms with Crippen molar-refractivity contribution in [3.05, 3.63) is 24.2 Å². The van der Waals surface area contributed by atoms with E-state index < -0.39 is 0 Å². The first kappa shape index (κ1) is 13.2. The van der Waals surface area contributed by atoms with E-state index in [2.05, 4.69) is 12.2 Å². The van der Waals surface area contributed by atoms with Gasteiger partial charge in [0.15, 0.2) is 0 Å². The first-order valence-electron chi connectivity index (χ1n) is 5.82. The number of furan rings is 1. The lowest BCUT2D eigenvalue weighted by Gasteiger charge is -2.05. The Kier molecular flexibility index (Phi) is 7.76. The molecule has 0 aliphatic rings. The zero-order chi connectivity index (χ0) is 11.5. The fourth-order valence-electron chi connectivity index (χ4n) is 1.24. The lowest BCUT2D eigenvalue weighted by Crippen LogP contribution is -2.20. The number of nitrogens with one attached hydrogen (secondary N) is 1. The predicted molar refractivity (Wildman–Crippen MR) is 62.3 cm³/mol. The Balaban J connectivity index is 1.78. The van der Waals surface area contributed by atoms with Gasteiger partial charge in [0.25, 0.3) is 0 Å². The predicted octanol–water partition coefficient (Wildman–Crippen LogP) is 1.81. The molecule has 0 spiro atoms. The highest BCUT2D eigenvalue weighted by Crippen LogP contribution is 1.97. The van der Waals surface area contributed by atoms with E-state index in [4.69, 9.17) is 13.9 Å². The molecule has 1 heterocycles. The van der Waals surface area contributed by atoms with Crippen LogP contribution in [-0.4, -0.2) is 33.0 Å². The highest BCUT2D eigenvalue weighted by molar-refractivity contribution is 4.97. The third-order valence-corrected chi connectivity index (χ3v) is 2.02. The second-order valence-electron chi connectivity index (χ2n) is 3.48. The summed E-state index contributed by atoms with van der Waals surface area (Å²) in [5.74, 6) is 0.950. The van der Waals surface area contributed by atoms with Gasteiger partial charge in [0.1, 0.15) is 5.76 Å². The Bertz CT molecular complexity index is 236. The van der Waals surface area contributed by atoms with Gasteiger partial charge < -0.3 is 19.2 Å². The summed E-state index contributed by atoms with van der Waals surface area (Å²) < 4.78 is 15.9. The molecule has 1 aromatic rings. The van der Waals surface area contributed by atoms with Crippen LogP contribution >= 0.6 is 0 Å². The van der Waals surface area contributed by atoms with Gasteiger partial charge in [-0.1, -0.05) is 6.92 Å². The van der Waals surface area contributed by atoms with Gasteiger partial charge in [-0.3, -0.25) is 0 Å². The van der Waals surface area contributed by atoms with Crippen LogP contribution in [0.5, 0.6) is 0 Å². The van der Waals surface area contributed by atoms with Gasteiger partial charge in [0.05, 0.1) is 32.6 Å². The highest BCUT2D eigenvalue weighted by atomic mass is 16.5. The Morgan fingerprint density at radius 1 is 1.19 bits per heavy atom. The Morgan fingerprint density at radius 2 is 2.00 bits per heavy atom. The maximum atomic E-state index is 5.38. The van der Waals surface area contributed by atoms with E-state index in [-0.39, 0.29) is 0 Å². The van der Waals surface area contributed by atoms with Crippen molar-refractivity contribution in [2.45, 2.75) is 19.9 Å². The molecular weight excluding hydrogens is 206 g/mol. The van der Waals surface area contributed by atoms with Crippen LogP contribution in [0.2, 0.25) is 0 Å². The maximum Gasteiger partial charge on any atom is 0.117 e. The van der Waals surface area contributed by atoms with Gasteiger partial charge in [-0.05, 0) is 18.6 Å². The smallest absolute Gasteiger partial charge is 0.117 e. The molecule has 0 unspecified atom stereocenters. The summed E-state index contributed by atoms with van der Waals surface area (Å²) in [7, 11) is 0. The molecule has 1 N–H and O–H groups in total. The molecule has 0 amide bonds. The van der Waals surface area contributed by atoms with Crippen LogP contribution in [0.25, 0.3) is 0 Å². The molecule has 92 valence electrons. The Hall–Kier alpha value is -0.840. The van der Waals surface area contributed by atoms with Crippen molar-refractivity contribution < 1.29 is 13.9 Å². The molecule has 0 aliphatic heterocycles. The van der Waals surface area contributed by atoms with Gasteiger partial charge in [-0.2, -0.15) is 0 Å². The van der Waals surface area contributed by atoms with Crippen LogP contribution in [0, 0.1) is 0 Å². The minimum atomic E-state index is 0.669. The summed E-state index contributed by atoms with van der Waals surface area (Å²) in [6, 6.07) is 3.84. The maximum absolute atomic E-state index is 5.38. The van der Waals surface area contributed by atoms with Crippen LogP contribution in [0.4, 0.5) is 0 Å². The SMILES string of the molecule is CCCOCCOCCNCc1ccco1. The van der Waals surface area contributed by atoms with Gasteiger partial charge >= 0.3 is 0 Å². The molecule has 0 aliphatic carbocycles. The summed E-state index contributed by atoms with van der Waals surface area (Å²) in [6.45, 7) is 6.56.